The van der Waals surface area contributed by atoms with E-state index in [9.17, 15) is 13.2 Å². The fourth-order valence-electron chi connectivity index (χ4n) is 4.64. The summed E-state index contributed by atoms with van der Waals surface area (Å²) in [5.74, 6) is 0.369. The van der Waals surface area contributed by atoms with Gasteiger partial charge in [-0.05, 0) is 67.3 Å². The highest BCUT2D eigenvalue weighted by atomic mass is 32.2. The van der Waals surface area contributed by atoms with E-state index in [2.05, 4.69) is 4.98 Å². The van der Waals surface area contributed by atoms with Crippen molar-refractivity contribution in [3.63, 3.8) is 0 Å². The standard InChI is InChI=1S/C28H30N4O4S2/c1-20-9-14-24(36-2)25-26(20)37-28(30-25)32(19-21-8-7-15-29-18-21)27(33)22-10-12-23(13-11-22)38(34,35)31-16-5-3-4-6-17-31/h7-15,18H,3-6,16-17,19H2,1-2H3. The second-order valence-electron chi connectivity index (χ2n) is 9.35. The molecule has 0 atom stereocenters. The van der Waals surface area contributed by atoms with Crippen molar-refractivity contribution in [1.82, 2.24) is 14.3 Å². The van der Waals surface area contributed by atoms with E-state index < -0.39 is 10.0 Å². The Morgan fingerprint density at radius 3 is 2.45 bits per heavy atom. The Labute approximate surface area is 227 Å². The number of hydrogen-bond donors (Lipinski definition) is 0. The number of benzene rings is 2. The molecular formula is C28H30N4O4S2. The van der Waals surface area contributed by atoms with Gasteiger partial charge in [0, 0.05) is 31.0 Å². The van der Waals surface area contributed by atoms with Crippen molar-refractivity contribution in [1.29, 1.82) is 0 Å². The Morgan fingerprint density at radius 2 is 1.79 bits per heavy atom. The highest BCUT2D eigenvalue weighted by molar-refractivity contribution is 7.89. The normalized spacial score (nSPS) is 14.8. The largest absolute Gasteiger partial charge is 0.494 e. The van der Waals surface area contributed by atoms with Crippen molar-refractivity contribution in [2.24, 2.45) is 0 Å². The maximum atomic E-state index is 13.9. The number of pyridine rings is 1. The number of nitrogens with zero attached hydrogens (tertiary/aromatic N) is 4. The van der Waals surface area contributed by atoms with E-state index in [1.807, 2.05) is 31.2 Å². The van der Waals surface area contributed by atoms with Gasteiger partial charge in [-0.1, -0.05) is 36.3 Å². The van der Waals surface area contributed by atoms with E-state index in [1.54, 1.807) is 40.8 Å². The Bertz CT molecular complexity index is 1530. The predicted molar refractivity (Wildman–Crippen MR) is 149 cm³/mol. The zero-order valence-corrected chi connectivity index (χ0v) is 23.1. The molecule has 8 nitrogen and oxygen atoms in total. The van der Waals surface area contributed by atoms with Crippen LogP contribution in [0.2, 0.25) is 0 Å². The fourth-order valence-corrected chi connectivity index (χ4v) is 7.20. The van der Waals surface area contributed by atoms with Crippen LogP contribution < -0.4 is 9.64 Å². The van der Waals surface area contributed by atoms with E-state index in [1.165, 1.54) is 23.5 Å². The number of carbonyl (C=O) groups excluding carboxylic acids is 1. The Morgan fingerprint density at radius 1 is 1.05 bits per heavy atom. The van der Waals surface area contributed by atoms with Crippen LogP contribution in [0.15, 0.2) is 65.8 Å². The molecule has 5 rings (SSSR count). The van der Waals surface area contributed by atoms with Crippen LogP contribution >= 0.6 is 11.3 Å². The molecule has 1 saturated heterocycles. The second-order valence-corrected chi connectivity index (χ2v) is 12.3. The van der Waals surface area contributed by atoms with E-state index in [-0.39, 0.29) is 17.3 Å². The minimum absolute atomic E-state index is 0.204. The van der Waals surface area contributed by atoms with Gasteiger partial charge < -0.3 is 4.74 Å². The summed E-state index contributed by atoms with van der Waals surface area (Å²) in [4.78, 5) is 24.6. The zero-order chi connectivity index (χ0) is 26.7. The molecule has 2 aromatic carbocycles. The number of rotatable bonds is 7. The fraction of sp³-hybridized carbons (Fsp3) is 0.321. The lowest BCUT2D eigenvalue weighted by Crippen LogP contribution is -2.32. The van der Waals surface area contributed by atoms with Gasteiger partial charge in [0.1, 0.15) is 11.3 Å². The first-order valence-electron chi connectivity index (χ1n) is 12.6. The van der Waals surface area contributed by atoms with Crippen LogP contribution in [0, 0.1) is 6.92 Å². The summed E-state index contributed by atoms with van der Waals surface area (Å²) in [5, 5.41) is 0.530. The van der Waals surface area contributed by atoms with E-state index in [0.29, 0.717) is 35.1 Å². The number of carbonyl (C=O) groups is 1. The lowest BCUT2D eigenvalue weighted by atomic mass is 10.2. The molecule has 0 radical (unpaired) electrons. The van der Waals surface area contributed by atoms with Crippen LogP contribution in [-0.4, -0.2) is 48.8 Å². The zero-order valence-electron chi connectivity index (χ0n) is 21.5. The van der Waals surface area contributed by atoms with E-state index in [4.69, 9.17) is 9.72 Å². The summed E-state index contributed by atoms with van der Waals surface area (Å²) in [6.07, 6.45) is 7.23. The minimum Gasteiger partial charge on any atom is -0.494 e. The van der Waals surface area contributed by atoms with Gasteiger partial charge in [0.25, 0.3) is 5.91 Å². The van der Waals surface area contributed by atoms with Crippen molar-refractivity contribution < 1.29 is 17.9 Å². The van der Waals surface area contributed by atoms with Gasteiger partial charge in [-0.15, -0.1) is 0 Å². The molecule has 0 bridgehead atoms. The molecule has 1 aliphatic heterocycles. The van der Waals surface area contributed by atoms with Crippen LogP contribution in [0.3, 0.4) is 0 Å². The quantitative estimate of drug-likeness (QED) is 0.305. The van der Waals surface area contributed by atoms with Gasteiger partial charge in [-0.2, -0.15) is 4.31 Å². The lowest BCUT2D eigenvalue weighted by molar-refractivity contribution is 0.0985. The highest BCUT2D eigenvalue weighted by Crippen LogP contribution is 2.37. The van der Waals surface area contributed by atoms with Crippen molar-refractivity contribution in [2.75, 3.05) is 25.1 Å². The van der Waals surface area contributed by atoms with Crippen LogP contribution in [0.25, 0.3) is 10.2 Å². The first-order chi connectivity index (χ1) is 18.4. The monoisotopic (exact) mass is 550 g/mol. The molecule has 1 aliphatic rings. The predicted octanol–water partition coefficient (Wildman–Crippen LogP) is 5.42. The third-order valence-corrected chi connectivity index (χ3v) is 9.88. The number of aromatic nitrogens is 2. The smallest absolute Gasteiger partial charge is 0.260 e. The number of thiazole rings is 1. The summed E-state index contributed by atoms with van der Waals surface area (Å²) in [6, 6.07) is 13.8. The number of aryl methyl sites for hydroxylation is 1. The number of sulfonamides is 1. The number of fused-ring (bicyclic) bond motifs is 1. The Kier molecular flexibility index (Phi) is 7.73. The number of amides is 1. The lowest BCUT2D eigenvalue weighted by Gasteiger charge is -2.21. The average molecular weight is 551 g/mol. The Hall–Kier alpha value is -3.34. The third-order valence-electron chi connectivity index (χ3n) is 6.76. The SMILES string of the molecule is COc1ccc(C)c2sc(N(Cc3cccnc3)C(=O)c3ccc(S(=O)(=O)N4CCCCCC4)cc3)nc12. The molecule has 0 saturated carbocycles. The molecule has 2 aromatic heterocycles. The van der Waals surface area contributed by atoms with Gasteiger partial charge >= 0.3 is 0 Å². The Balaban J connectivity index is 1.49. The summed E-state index contributed by atoms with van der Waals surface area (Å²) in [5.41, 5.74) is 2.98. The topological polar surface area (TPSA) is 92.7 Å². The van der Waals surface area contributed by atoms with Gasteiger partial charge in [0.2, 0.25) is 10.0 Å². The summed E-state index contributed by atoms with van der Waals surface area (Å²) >= 11 is 1.42. The molecule has 198 valence electrons. The van der Waals surface area contributed by atoms with Gasteiger partial charge in [0.05, 0.1) is 23.2 Å². The maximum Gasteiger partial charge on any atom is 0.260 e. The van der Waals surface area contributed by atoms with Crippen molar-refractivity contribution in [3.05, 3.63) is 77.6 Å². The van der Waals surface area contributed by atoms with E-state index in [0.717, 1.165) is 41.5 Å². The molecule has 4 aromatic rings. The summed E-state index contributed by atoms with van der Waals surface area (Å²) < 4.78 is 34.4. The molecular weight excluding hydrogens is 520 g/mol. The van der Waals surface area contributed by atoms with Crippen LogP contribution in [0.4, 0.5) is 5.13 Å². The summed E-state index contributed by atoms with van der Waals surface area (Å²) in [6.45, 7) is 3.33. The van der Waals surface area contributed by atoms with E-state index >= 15 is 0 Å². The first-order valence-corrected chi connectivity index (χ1v) is 14.9. The second kappa shape index (κ2) is 11.2. The number of ether oxygens (including phenoxy) is 1. The third kappa shape index (κ3) is 5.29. The molecule has 38 heavy (non-hydrogen) atoms. The minimum atomic E-state index is -3.60. The molecule has 10 heteroatoms. The number of hydrogen-bond acceptors (Lipinski definition) is 7. The number of anilines is 1. The molecule has 3 heterocycles. The molecule has 0 N–H and O–H groups in total. The first kappa shape index (κ1) is 26.3. The van der Waals surface area contributed by atoms with Crippen molar-refractivity contribution in [2.45, 2.75) is 44.0 Å². The molecule has 0 unspecified atom stereocenters. The maximum absolute atomic E-state index is 13.9. The van der Waals surface area contributed by atoms with Gasteiger partial charge in [-0.3, -0.25) is 14.7 Å². The van der Waals surface area contributed by atoms with Gasteiger partial charge in [0.15, 0.2) is 5.13 Å². The van der Waals surface area contributed by atoms with Gasteiger partial charge in [-0.25, -0.2) is 13.4 Å². The summed E-state index contributed by atoms with van der Waals surface area (Å²) in [7, 11) is -2.00. The van der Waals surface area contributed by atoms with Crippen molar-refractivity contribution in [3.8, 4) is 5.75 Å². The van der Waals surface area contributed by atoms with Crippen LogP contribution in [0.1, 0.15) is 47.2 Å². The van der Waals surface area contributed by atoms with Crippen LogP contribution in [-0.2, 0) is 16.6 Å². The van der Waals surface area contributed by atoms with Crippen molar-refractivity contribution >= 4 is 42.6 Å². The molecule has 0 aliphatic carbocycles. The number of methoxy groups -OCH3 is 1. The van der Waals surface area contributed by atoms with Crippen LogP contribution in [0.5, 0.6) is 5.75 Å². The molecule has 1 amide bonds. The molecule has 0 spiro atoms. The average Bonchev–Trinajstić information content (AvgIpc) is 3.20. The molecule has 1 fully saturated rings. The highest BCUT2D eigenvalue weighted by Gasteiger charge is 2.27.